The average molecular weight is 394 g/mol. The van der Waals surface area contributed by atoms with Crippen LogP contribution in [0.5, 0.6) is 0 Å². The van der Waals surface area contributed by atoms with Crippen molar-refractivity contribution in [2.75, 3.05) is 0 Å². The Morgan fingerprint density at radius 1 is 0.593 bits per heavy atom. The largest absolute Gasteiger partial charge is 0.361 e. The van der Waals surface area contributed by atoms with Crippen molar-refractivity contribution in [2.24, 2.45) is 7.05 Å². The third-order valence-electron chi connectivity index (χ3n) is 4.36. The van der Waals surface area contributed by atoms with Crippen LogP contribution in [0.2, 0.25) is 10.0 Å². The quantitative estimate of drug-likeness (QED) is 0.279. The summed E-state index contributed by atoms with van der Waals surface area (Å²) in [5.74, 6) is 1.56. The van der Waals surface area contributed by atoms with Crippen molar-refractivity contribution >= 4 is 23.2 Å². The lowest BCUT2D eigenvalue weighted by Crippen LogP contribution is -2.25. The number of rotatable bonds is 3. The molecule has 2 heterocycles. The predicted octanol–water partition coefficient (Wildman–Crippen LogP) is 6.69. The predicted molar refractivity (Wildman–Crippen MR) is 111 cm³/mol. The molecule has 0 fully saturated rings. The maximum Gasteiger partial charge on any atom is 0.361 e. The molecule has 0 saturated carbocycles. The Hall–Kier alpha value is -2.68. The maximum atomic E-state index is 6.22. The molecule has 2 aromatic heterocycles. The summed E-state index contributed by atoms with van der Waals surface area (Å²) in [6.45, 7) is 0. The zero-order chi connectivity index (χ0) is 18.8. The molecule has 0 radical (unpaired) electrons. The smallest absolute Gasteiger partial charge is 0.208 e. The zero-order valence-corrected chi connectivity index (χ0v) is 16.2. The van der Waals surface area contributed by atoms with Gasteiger partial charge in [-0.25, -0.2) is 8.98 Å². The van der Waals surface area contributed by atoms with Crippen LogP contribution >= 0.6 is 23.2 Å². The van der Waals surface area contributed by atoms with E-state index in [0.29, 0.717) is 10.0 Å². The molecule has 0 amide bonds. The van der Waals surface area contributed by atoms with Gasteiger partial charge in [-0.3, -0.25) is 0 Å². The Balaban J connectivity index is 1.89. The van der Waals surface area contributed by atoms with Crippen molar-refractivity contribution < 1.29 is 8.98 Å². The number of pyridine rings is 1. The molecule has 2 aromatic carbocycles. The number of hydrogen-bond acceptors (Lipinski definition) is 0. The van der Waals surface area contributed by atoms with Gasteiger partial charge in [-0.2, -0.15) is 0 Å². The number of aromatic nitrogens is 1. The molecule has 0 aliphatic heterocycles. The van der Waals surface area contributed by atoms with Gasteiger partial charge in [0.1, 0.15) is 7.05 Å². The molecule has 0 spiro atoms. The Kier molecular flexibility index (Phi) is 4.93. The summed E-state index contributed by atoms with van der Waals surface area (Å²) in [5, 5.41) is 1.40. The molecule has 4 aromatic rings. The summed E-state index contributed by atoms with van der Waals surface area (Å²) in [4.78, 5) is 0. The van der Waals surface area contributed by atoms with Crippen molar-refractivity contribution in [3.63, 3.8) is 0 Å². The highest BCUT2D eigenvalue weighted by Crippen LogP contribution is 2.33. The number of nitrogens with zero attached hydrogens (tertiary/aromatic N) is 1. The highest BCUT2D eigenvalue weighted by atomic mass is 35.5. The number of halogens is 2. The van der Waals surface area contributed by atoms with E-state index < -0.39 is 0 Å². The highest BCUT2D eigenvalue weighted by Gasteiger charge is 2.21. The second kappa shape index (κ2) is 7.51. The number of hydrogen-bond donors (Lipinski definition) is 0. The van der Waals surface area contributed by atoms with Crippen LogP contribution in [-0.2, 0) is 7.05 Å². The van der Waals surface area contributed by atoms with Crippen LogP contribution < -0.4 is 4.57 Å². The van der Waals surface area contributed by atoms with Crippen LogP contribution in [0.25, 0.3) is 33.8 Å². The molecule has 0 saturated heterocycles. The minimum atomic E-state index is 0.698. The van der Waals surface area contributed by atoms with Gasteiger partial charge in [0.15, 0.2) is 12.4 Å². The lowest BCUT2D eigenvalue weighted by Gasteiger charge is -2.02. The number of benzene rings is 2. The van der Waals surface area contributed by atoms with Gasteiger partial charge in [-0.05, 0) is 54.1 Å². The molecule has 132 valence electrons. The second-order valence-corrected chi connectivity index (χ2v) is 7.21. The van der Waals surface area contributed by atoms with Crippen LogP contribution in [0.15, 0.2) is 89.6 Å². The standard InChI is InChI=1S/C23H17Cl2NO/c1-26-12-10-16(11-13-26)19-14-22(17-2-6-20(24)7-3-17)27-23(15-19)18-4-8-21(25)9-5-18/h2-15H,1H3/q+2. The van der Waals surface area contributed by atoms with Crippen molar-refractivity contribution in [2.45, 2.75) is 0 Å². The Morgan fingerprint density at radius 2 is 1.04 bits per heavy atom. The summed E-state index contributed by atoms with van der Waals surface area (Å²) in [6, 6.07) is 23.6. The second-order valence-electron chi connectivity index (χ2n) is 6.34. The molecule has 0 bridgehead atoms. The monoisotopic (exact) mass is 393 g/mol. The molecule has 0 atom stereocenters. The third kappa shape index (κ3) is 4.02. The van der Waals surface area contributed by atoms with E-state index in [4.69, 9.17) is 27.6 Å². The van der Waals surface area contributed by atoms with Gasteiger partial charge in [-0.15, -0.1) is 0 Å². The van der Waals surface area contributed by atoms with Gasteiger partial charge >= 0.3 is 11.5 Å². The highest BCUT2D eigenvalue weighted by molar-refractivity contribution is 6.30. The lowest BCUT2D eigenvalue weighted by molar-refractivity contribution is -0.671. The number of aryl methyl sites for hydroxylation is 1. The van der Waals surface area contributed by atoms with Crippen LogP contribution in [0.3, 0.4) is 0 Å². The van der Waals surface area contributed by atoms with Crippen molar-refractivity contribution in [1.82, 2.24) is 0 Å². The zero-order valence-electron chi connectivity index (χ0n) is 14.7. The van der Waals surface area contributed by atoms with E-state index in [1.54, 1.807) is 0 Å². The van der Waals surface area contributed by atoms with Gasteiger partial charge in [0.2, 0.25) is 0 Å². The Morgan fingerprint density at radius 3 is 1.48 bits per heavy atom. The van der Waals surface area contributed by atoms with Gasteiger partial charge in [0.25, 0.3) is 0 Å². The molecule has 0 N–H and O–H groups in total. The Bertz CT molecular complexity index is 919. The summed E-state index contributed by atoms with van der Waals surface area (Å²) in [7, 11) is 2.00. The molecular formula is C23H17Cl2NO+2. The van der Waals surface area contributed by atoms with Gasteiger partial charge < -0.3 is 0 Å². The first-order valence-corrected chi connectivity index (χ1v) is 9.30. The normalized spacial score (nSPS) is 10.8. The van der Waals surface area contributed by atoms with Crippen molar-refractivity contribution in [3.8, 4) is 33.8 Å². The fourth-order valence-corrected chi connectivity index (χ4v) is 3.13. The first-order chi connectivity index (χ1) is 13.1. The molecule has 2 nitrogen and oxygen atoms in total. The molecular weight excluding hydrogens is 377 g/mol. The van der Waals surface area contributed by atoms with Crippen LogP contribution in [0, 0.1) is 0 Å². The van der Waals surface area contributed by atoms with E-state index in [-0.39, 0.29) is 0 Å². The molecule has 4 heteroatoms. The minimum absolute atomic E-state index is 0.698. The van der Waals surface area contributed by atoms with Crippen LogP contribution in [0.4, 0.5) is 0 Å². The van der Waals surface area contributed by atoms with Crippen LogP contribution in [-0.4, -0.2) is 0 Å². The summed E-state index contributed by atoms with van der Waals surface area (Å²) >= 11 is 12.1. The molecule has 0 aliphatic rings. The van der Waals surface area contributed by atoms with E-state index in [1.807, 2.05) is 72.5 Å². The third-order valence-corrected chi connectivity index (χ3v) is 4.87. The van der Waals surface area contributed by atoms with Gasteiger partial charge in [0.05, 0.1) is 23.3 Å². The summed E-state index contributed by atoms with van der Waals surface area (Å²) in [6.07, 6.45) is 4.06. The molecule has 27 heavy (non-hydrogen) atoms. The topological polar surface area (TPSA) is 15.2 Å². The minimum Gasteiger partial charge on any atom is -0.208 e. The molecule has 0 aliphatic carbocycles. The Labute approximate surface area is 168 Å². The van der Waals surface area contributed by atoms with Crippen molar-refractivity contribution in [3.05, 3.63) is 95.2 Å². The summed E-state index contributed by atoms with van der Waals surface area (Å²) in [5.41, 5.74) is 4.14. The fraction of sp³-hybridized carbons (Fsp3) is 0.0435. The molecule has 4 rings (SSSR count). The SMILES string of the molecule is C[n+]1ccc(-c2cc(-c3ccc(Cl)cc3)[o+]c(-c3ccc(Cl)cc3)c2)cc1. The van der Waals surface area contributed by atoms with E-state index >= 15 is 0 Å². The molecule has 0 unspecified atom stereocenters. The van der Waals surface area contributed by atoms with Crippen molar-refractivity contribution in [1.29, 1.82) is 0 Å². The van der Waals surface area contributed by atoms with Crippen LogP contribution in [0.1, 0.15) is 0 Å². The van der Waals surface area contributed by atoms with E-state index in [1.165, 1.54) is 0 Å². The first kappa shape index (κ1) is 17.7. The van der Waals surface area contributed by atoms with E-state index in [9.17, 15) is 0 Å². The summed E-state index contributed by atoms with van der Waals surface area (Å²) < 4.78 is 8.23. The fourth-order valence-electron chi connectivity index (χ4n) is 2.87. The average Bonchev–Trinajstić information content (AvgIpc) is 2.69. The first-order valence-electron chi connectivity index (χ1n) is 8.54. The van der Waals surface area contributed by atoms with E-state index in [0.717, 1.165) is 33.8 Å². The lowest BCUT2D eigenvalue weighted by atomic mass is 10.0. The van der Waals surface area contributed by atoms with E-state index in [2.05, 4.69) is 24.3 Å². The van der Waals surface area contributed by atoms with Gasteiger partial charge in [-0.1, -0.05) is 23.2 Å². The maximum absolute atomic E-state index is 6.22. The van der Waals surface area contributed by atoms with Gasteiger partial charge in [0, 0.05) is 27.7 Å².